The maximum Gasteiger partial charge on any atom is 0.0621 e. The number of fused-ring (bicyclic) bond motifs is 1. The van der Waals surface area contributed by atoms with Gasteiger partial charge in [0.05, 0.1) is 6.20 Å². The van der Waals surface area contributed by atoms with Crippen LogP contribution in [0.25, 0.3) is 16.8 Å². The second-order valence-electron chi connectivity index (χ2n) is 11.5. The van der Waals surface area contributed by atoms with Crippen molar-refractivity contribution in [3.63, 3.8) is 0 Å². The van der Waals surface area contributed by atoms with Crippen LogP contribution in [0.15, 0.2) is 117 Å². The van der Waals surface area contributed by atoms with Crippen LogP contribution >= 0.6 is 0 Å². The van der Waals surface area contributed by atoms with Gasteiger partial charge in [-0.15, -0.1) is 18.9 Å². The molecule has 2 rings (SSSR count). The van der Waals surface area contributed by atoms with E-state index in [4.69, 9.17) is 0 Å². The molecule has 0 spiro atoms. The lowest BCUT2D eigenvalue weighted by Crippen LogP contribution is -2.30. The molecule has 0 fully saturated rings. The van der Waals surface area contributed by atoms with Crippen LogP contribution in [-0.2, 0) is 6.42 Å². The Hall–Kier alpha value is -3.94. The SMILES string of the molecule is C=C.C=C(C)CNC(=C)CCCC=CC(CC)CCC.C=C=CN(C)N(C)C(=C)/C=C\c1cc(C)c(CCC)c2ccccc12.CC. The molecule has 1 atom stereocenters. The van der Waals surface area contributed by atoms with Crippen molar-refractivity contribution in [1.82, 2.24) is 15.3 Å². The predicted octanol–water partition coefficient (Wildman–Crippen LogP) is 12.8. The van der Waals surface area contributed by atoms with Crippen molar-refractivity contribution in [3.8, 4) is 0 Å². The monoisotopic (exact) mass is 640 g/mol. The van der Waals surface area contributed by atoms with E-state index in [9.17, 15) is 0 Å². The van der Waals surface area contributed by atoms with Crippen molar-refractivity contribution < 1.29 is 0 Å². The molecule has 3 heteroatoms. The maximum atomic E-state index is 4.15. The lowest BCUT2D eigenvalue weighted by Gasteiger charge is -2.28. The van der Waals surface area contributed by atoms with E-state index in [0.717, 1.165) is 55.1 Å². The first-order valence-electron chi connectivity index (χ1n) is 17.5. The van der Waals surface area contributed by atoms with Crippen LogP contribution in [-0.4, -0.2) is 30.7 Å². The molecule has 1 N–H and O–H groups in total. The van der Waals surface area contributed by atoms with Crippen molar-refractivity contribution in [2.24, 2.45) is 5.92 Å². The van der Waals surface area contributed by atoms with Gasteiger partial charge in [-0.1, -0.05) is 128 Å². The molecule has 0 aliphatic heterocycles. The van der Waals surface area contributed by atoms with Gasteiger partial charge in [0.25, 0.3) is 0 Å². The lowest BCUT2D eigenvalue weighted by atomic mass is 9.92. The molecule has 0 saturated heterocycles. The third-order valence-electron chi connectivity index (χ3n) is 7.62. The van der Waals surface area contributed by atoms with Gasteiger partial charge in [0, 0.05) is 32.0 Å². The molecule has 3 nitrogen and oxygen atoms in total. The van der Waals surface area contributed by atoms with Crippen molar-refractivity contribution in [2.45, 2.75) is 99.8 Å². The highest BCUT2D eigenvalue weighted by atomic mass is 15.6. The van der Waals surface area contributed by atoms with Gasteiger partial charge in [-0.2, -0.15) is 0 Å². The number of aryl methyl sites for hydroxylation is 2. The van der Waals surface area contributed by atoms with Crippen LogP contribution in [0.3, 0.4) is 0 Å². The summed E-state index contributed by atoms with van der Waals surface area (Å²) in [6, 6.07) is 10.9. The van der Waals surface area contributed by atoms with E-state index in [0.29, 0.717) is 0 Å². The zero-order chi connectivity index (χ0) is 36.2. The molecule has 0 aliphatic carbocycles. The number of hydrogen-bond donors (Lipinski definition) is 1. The Morgan fingerprint density at radius 2 is 1.64 bits per heavy atom. The Morgan fingerprint density at radius 1 is 1.00 bits per heavy atom. The lowest BCUT2D eigenvalue weighted by molar-refractivity contribution is 0.133. The summed E-state index contributed by atoms with van der Waals surface area (Å²) in [5.41, 5.74) is 9.99. The van der Waals surface area contributed by atoms with Crippen LogP contribution in [0.4, 0.5) is 0 Å². The quantitative estimate of drug-likeness (QED) is 0.0575. The average Bonchev–Trinajstić information content (AvgIpc) is 3.08. The van der Waals surface area contributed by atoms with Gasteiger partial charge in [-0.3, -0.25) is 10.0 Å². The Bertz CT molecular complexity index is 1290. The fourth-order valence-electron chi connectivity index (χ4n) is 4.94. The zero-order valence-electron chi connectivity index (χ0n) is 31.9. The maximum absolute atomic E-state index is 4.15. The highest BCUT2D eigenvalue weighted by molar-refractivity contribution is 5.94. The summed E-state index contributed by atoms with van der Waals surface area (Å²) in [6.45, 7) is 37.5. The molecule has 0 heterocycles. The van der Waals surface area contributed by atoms with E-state index in [-0.39, 0.29) is 0 Å². The number of benzene rings is 2. The van der Waals surface area contributed by atoms with Gasteiger partial charge >= 0.3 is 0 Å². The highest BCUT2D eigenvalue weighted by Gasteiger charge is 2.08. The molecule has 2 aromatic rings. The molecule has 2 aromatic carbocycles. The fourth-order valence-corrected chi connectivity index (χ4v) is 4.94. The normalized spacial score (nSPS) is 10.7. The van der Waals surface area contributed by atoms with E-state index >= 15 is 0 Å². The van der Waals surface area contributed by atoms with Crippen molar-refractivity contribution in [1.29, 1.82) is 0 Å². The van der Waals surface area contributed by atoms with Crippen LogP contribution in [0.2, 0.25) is 0 Å². The van der Waals surface area contributed by atoms with Gasteiger partial charge < -0.3 is 5.32 Å². The van der Waals surface area contributed by atoms with Gasteiger partial charge in [0.1, 0.15) is 0 Å². The first kappa shape index (κ1) is 45.2. The largest absolute Gasteiger partial charge is 0.385 e. The van der Waals surface area contributed by atoms with Crippen molar-refractivity contribution in [3.05, 3.63) is 134 Å². The van der Waals surface area contributed by atoms with Crippen LogP contribution in [0, 0.1) is 12.8 Å². The van der Waals surface area contributed by atoms with E-state index in [2.05, 4.69) is 127 Å². The second-order valence-corrected chi connectivity index (χ2v) is 11.5. The minimum Gasteiger partial charge on any atom is -0.385 e. The first-order valence-corrected chi connectivity index (χ1v) is 17.5. The van der Waals surface area contributed by atoms with Crippen LogP contribution in [0.5, 0.6) is 0 Å². The predicted molar refractivity (Wildman–Crippen MR) is 216 cm³/mol. The van der Waals surface area contributed by atoms with E-state index in [1.54, 1.807) is 6.20 Å². The molecule has 47 heavy (non-hydrogen) atoms. The van der Waals surface area contributed by atoms with Crippen molar-refractivity contribution in [2.75, 3.05) is 20.6 Å². The smallest absolute Gasteiger partial charge is 0.0621 e. The third-order valence-corrected chi connectivity index (χ3v) is 7.62. The summed E-state index contributed by atoms with van der Waals surface area (Å²) in [5, 5.41) is 9.80. The molecule has 1 unspecified atom stereocenters. The first-order chi connectivity index (χ1) is 22.6. The minimum atomic E-state index is 0.778. The number of nitrogens with zero attached hydrogens (tertiary/aromatic N) is 2. The fraction of sp³-hybridized carbons (Fsp3) is 0.432. The Labute approximate surface area is 291 Å². The summed E-state index contributed by atoms with van der Waals surface area (Å²) in [6.07, 6.45) is 20.2. The van der Waals surface area contributed by atoms with Crippen molar-refractivity contribution >= 4 is 16.8 Å². The molecule has 0 saturated carbocycles. The van der Waals surface area contributed by atoms with Crippen LogP contribution < -0.4 is 5.32 Å². The van der Waals surface area contributed by atoms with E-state index in [1.807, 2.05) is 51.0 Å². The number of likely N-dealkylation sites (N-methyl/N-ethyl adjacent to an activating group) is 1. The Kier molecular flexibility index (Phi) is 27.2. The molecule has 0 amide bonds. The summed E-state index contributed by atoms with van der Waals surface area (Å²) in [5.74, 6) is 0.778. The molecule has 0 aliphatic rings. The highest BCUT2D eigenvalue weighted by Crippen LogP contribution is 2.28. The summed E-state index contributed by atoms with van der Waals surface area (Å²) in [7, 11) is 3.91. The van der Waals surface area contributed by atoms with Gasteiger partial charge in [0.2, 0.25) is 0 Å². The Morgan fingerprint density at radius 3 is 2.19 bits per heavy atom. The van der Waals surface area contributed by atoms with Gasteiger partial charge in [-0.25, -0.2) is 0 Å². The summed E-state index contributed by atoms with van der Waals surface area (Å²) >= 11 is 0. The molecule has 0 aromatic heterocycles. The zero-order valence-corrected chi connectivity index (χ0v) is 31.9. The molecule has 0 bridgehead atoms. The Balaban J connectivity index is 0. The van der Waals surface area contributed by atoms with Gasteiger partial charge in [0.15, 0.2) is 0 Å². The summed E-state index contributed by atoms with van der Waals surface area (Å²) in [4.78, 5) is 0. The number of nitrogens with one attached hydrogen (secondary N) is 1. The topological polar surface area (TPSA) is 18.5 Å². The van der Waals surface area contributed by atoms with Crippen LogP contribution in [0.1, 0.15) is 103 Å². The number of rotatable bonds is 18. The number of hydrogen-bond acceptors (Lipinski definition) is 3. The number of unbranched alkanes of at least 4 members (excludes halogenated alkanes) is 1. The van der Waals surface area contributed by atoms with Gasteiger partial charge in [-0.05, 0) is 91.8 Å². The van der Waals surface area contributed by atoms with E-state index in [1.165, 1.54) is 53.1 Å². The standard InChI is InChI=1S/C23H28N2.C17H31N.C2H6.C2H4/c1-7-11-21-18(3)17-20(22-12-9-10-13-23(21)22)15-14-19(4)25(6)24(5)16-8-2;1-6-11-17(7-2)13-10-8-9-12-16(5)18-14-15(3)4;2*1-2/h9-10,12-17H,2,4,7,11H2,1,3,5-6H3;10,13,17-18H,3,5-9,11-12,14H2,1-2,4H3;1-2H3;1-2H2/b15-14-;;;. The average molecular weight is 640 g/mol. The molecule has 0 radical (unpaired) electrons. The number of allylic oxidation sites excluding steroid dienone is 4. The van der Waals surface area contributed by atoms with E-state index < -0.39 is 0 Å². The molecular formula is C44H69N3. The molecular weight excluding hydrogens is 571 g/mol. The number of hydrazine groups is 1. The molecule has 260 valence electrons. The summed E-state index contributed by atoms with van der Waals surface area (Å²) < 4.78 is 0. The second kappa shape index (κ2) is 28.3. The minimum absolute atomic E-state index is 0.778. The third kappa shape index (κ3) is 18.7.